The zero-order valence-corrected chi connectivity index (χ0v) is 12.4. The summed E-state index contributed by atoms with van der Waals surface area (Å²) in [6.07, 6.45) is 0. The van der Waals surface area contributed by atoms with Crippen LogP contribution in [-0.4, -0.2) is 61.3 Å². The number of rotatable bonds is 5. The van der Waals surface area contributed by atoms with E-state index in [4.69, 9.17) is 10.5 Å². The number of hydrogen-bond acceptors (Lipinski definition) is 5. The third-order valence-electron chi connectivity index (χ3n) is 4.11. The predicted molar refractivity (Wildman–Crippen MR) is 80.1 cm³/mol. The van der Waals surface area contributed by atoms with Gasteiger partial charge in [-0.3, -0.25) is 4.90 Å². The summed E-state index contributed by atoms with van der Waals surface area (Å²) in [7, 11) is 1.55. The Bertz CT molecular complexity index is 431. The Kier molecular flexibility index (Phi) is 5.23. The van der Waals surface area contributed by atoms with E-state index in [0.29, 0.717) is 12.3 Å². The van der Waals surface area contributed by atoms with Crippen LogP contribution in [0, 0.1) is 0 Å². The van der Waals surface area contributed by atoms with Crippen molar-refractivity contribution in [2.24, 2.45) is 5.73 Å². The molecule has 1 aliphatic heterocycles. The minimum absolute atomic E-state index is 0.158. The third-order valence-corrected chi connectivity index (χ3v) is 4.11. The highest BCUT2D eigenvalue weighted by molar-refractivity contribution is 5.42. The molecule has 1 fully saturated rings. The summed E-state index contributed by atoms with van der Waals surface area (Å²) < 4.78 is 5.09. The van der Waals surface area contributed by atoms with Gasteiger partial charge in [0.1, 0.15) is 0 Å². The van der Waals surface area contributed by atoms with Crippen molar-refractivity contribution in [1.82, 2.24) is 9.80 Å². The van der Waals surface area contributed by atoms with Gasteiger partial charge in [-0.2, -0.15) is 0 Å². The van der Waals surface area contributed by atoms with Crippen LogP contribution in [0.15, 0.2) is 18.2 Å². The second-order valence-electron chi connectivity index (χ2n) is 5.15. The number of phenols is 1. The topological polar surface area (TPSA) is 62.0 Å². The van der Waals surface area contributed by atoms with Gasteiger partial charge in [-0.25, -0.2) is 0 Å². The van der Waals surface area contributed by atoms with Gasteiger partial charge in [0.05, 0.1) is 7.11 Å². The molecule has 5 heteroatoms. The molecule has 1 aromatic carbocycles. The van der Waals surface area contributed by atoms with Crippen LogP contribution in [0.5, 0.6) is 11.5 Å². The lowest BCUT2D eigenvalue weighted by molar-refractivity contribution is 0.102. The third kappa shape index (κ3) is 3.23. The van der Waals surface area contributed by atoms with Gasteiger partial charge >= 0.3 is 0 Å². The number of phenolic OH excluding ortho intramolecular Hbond substituents is 1. The fourth-order valence-corrected chi connectivity index (χ4v) is 2.80. The van der Waals surface area contributed by atoms with Crippen molar-refractivity contribution in [3.8, 4) is 11.5 Å². The molecule has 0 bridgehead atoms. The number of ether oxygens (including phenoxy) is 1. The maximum atomic E-state index is 9.92. The van der Waals surface area contributed by atoms with Crippen molar-refractivity contribution in [2.75, 3.05) is 46.4 Å². The SMILES string of the molecule is CCN1CCN(C(CN)c2ccc(OC)c(O)c2)CC1. The summed E-state index contributed by atoms with van der Waals surface area (Å²) in [6.45, 7) is 8.04. The van der Waals surface area contributed by atoms with Crippen LogP contribution in [0.1, 0.15) is 18.5 Å². The average molecular weight is 279 g/mol. The lowest BCUT2D eigenvalue weighted by Gasteiger charge is -2.38. The Labute approximate surface area is 120 Å². The van der Waals surface area contributed by atoms with Crippen LogP contribution in [0.25, 0.3) is 0 Å². The van der Waals surface area contributed by atoms with E-state index in [-0.39, 0.29) is 11.8 Å². The molecular formula is C15H25N3O2. The van der Waals surface area contributed by atoms with Gasteiger partial charge < -0.3 is 20.5 Å². The van der Waals surface area contributed by atoms with E-state index in [1.165, 1.54) is 0 Å². The minimum atomic E-state index is 0.158. The van der Waals surface area contributed by atoms with E-state index in [0.717, 1.165) is 38.3 Å². The Hall–Kier alpha value is -1.30. The number of hydrogen-bond donors (Lipinski definition) is 2. The van der Waals surface area contributed by atoms with Gasteiger partial charge in [-0.1, -0.05) is 13.0 Å². The first-order chi connectivity index (χ1) is 9.69. The molecule has 1 saturated heterocycles. The Morgan fingerprint density at radius 1 is 1.30 bits per heavy atom. The number of aromatic hydroxyl groups is 1. The lowest BCUT2D eigenvalue weighted by Crippen LogP contribution is -2.48. The van der Waals surface area contributed by atoms with E-state index in [1.807, 2.05) is 6.07 Å². The van der Waals surface area contributed by atoms with Gasteiger partial charge in [0.15, 0.2) is 11.5 Å². The van der Waals surface area contributed by atoms with Crippen LogP contribution in [0.2, 0.25) is 0 Å². The van der Waals surface area contributed by atoms with E-state index < -0.39 is 0 Å². The van der Waals surface area contributed by atoms with Gasteiger partial charge in [0.25, 0.3) is 0 Å². The van der Waals surface area contributed by atoms with Gasteiger partial charge in [0.2, 0.25) is 0 Å². The van der Waals surface area contributed by atoms with Crippen molar-refractivity contribution in [3.63, 3.8) is 0 Å². The molecule has 1 aromatic rings. The Morgan fingerprint density at radius 2 is 2.00 bits per heavy atom. The number of piperazine rings is 1. The highest BCUT2D eigenvalue weighted by atomic mass is 16.5. The molecule has 1 heterocycles. The van der Waals surface area contributed by atoms with Crippen LogP contribution >= 0.6 is 0 Å². The Balaban J connectivity index is 2.10. The number of benzene rings is 1. The first-order valence-electron chi connectivity index (χ1n) is 7.23. The smallest absolute Gasteiger partial charge is 0.160 e. The molecule has 5 nitrogen and oxygen atoms in total. The van der Waals surface area contributed by atoms with Crippen molar-refractivity contribution in [1.29, 1.82) is 0 Å². The van der Waals surface area contributed by atoms with Crippen molar-refractivity contribution < 1.29 is 9.84 Å². The molecule has 2 rings (SSSR count). The molecule has 0 amide bonds. The number of nitrogens with zero attached hydrogens (tertiary/aromatic N) is 2. The molecule has 1 atom stereocenters. The summed E-state index contributed by atoms with van der Waals surface area (Å²) in [5.74, 6) is 0.677. The highest BCUT2D eigenvalue weighted by Crippen LogP contribution is 2.31. The second-order valence-corrected chi connectivity index (χ2v) is 5.15. The molecule has 0 spiro atoms. The monoisotopic (exact) mass is 279 g/mol. The summed E-state index contributed by atoms with van der Waals surface area (Å²) in [5, 5.41) is 9.92. The highest BCUT2D eigenvalue weighted by Gasteiger charge is 2.24. The fourth-order valence-electron chi connectivity index (χ4n) is 2.80. The lowest BCUT2D eigenvalue weighted by atomic mass is 10.0. The fraction of sp³-hybridized carbons (Fsp3) is 0.600. The van der Waals surface area contributed by atoms with Crippen molar-refractivity contribution in [2.45, 2.75) is 13.0 Å². The van der Waals surface area contributed by atoms with E-state index in [9.17, 15) is 5.11 Å². The number of nitrogens with two attached hydrogens (primary N) is 1. The maximum Gasteiger partial charge on any atom is 0.160 e. The second kappa shape index (κ2) is 6.92. The predicted octanol–water partition coefficient (Wildman–Crippen LogP) is 1.04. The molecule has 0 saturated carbocycles. The van der Waals surface area contributed by atoms with Gasteiger partial charge in [0, 0.05) is 38.8 Å². The molecular weight excluding hydrogens is 254 g/mol. The molecule has 0 radical (unpaired) electrons. The largest absolute Gasteiger partial charge is 0.504 e. The van der Waals surface area contributed by atoms with Crippen molar-refractivity contribution in [3.05, 3.63) is 23.8 Å². The molecule has 1 unspecified atom stereocenters. The normalized spacial score (nSPS) is 18.9. The van der Waals surface area contributed by atoms with E-state index >= 15 is 0 Å². The number of methoxy groups -OCH3 is 1. The van der Waals surface area contributed by atoms with Crippen LogP contribution < -0.4 is 10.5 Å². The van der Waals surface area contributed by atoms with Crippen molar-refractivity contribution >= 4 is 0 Å². The minimum Gasteiger partial charge on any atom is -0.504 e. The molecule has 1 aliphatic rings. The van der Waals surface area contributed by atoms with Crippen LogP contribution in [0.4, 0.5) is 0 Å². The standard InChI is InChI=1S/C15H25N3O2/c1-3-17-6-8-18(9-7-17)13(11-16)12-4-5-15(20-2)14(19)10-12/h4-5,10,13,19H,3,6-9,11,16H2,1-2H3. The molecule has 0 aromatic heterocycles. The Morgan fingerprint density at radius 3 is 2.50 bits per heavy atom. The average Bonchev–Trinajstić information content (AvgIpc) is 2.49. The molecule has 3 N–H and O–H groups in total. The van der Waals surface area contributed by atoms with E-state index in [1.54, 1.807) is 19.2 Å². The summed E-state index contributed by atoms with van der Waals surface area (Å²) in [5.41, 5.74) is 7.01. The summed E-state index contributed by atoms with van der Waals surface area (Å²) >= 11 is 0. The zero-order chi connectivity index (χ0) is 14.5. The number of likely N-dealkylation sites (N-methyl/N-ethyl adjacent to an activating group) is 1. The van der Waals surface area contributed by atoms with Crippen LogP contribution in [-0.2, 0) is 0 Å². The summed E-state index contributed by atoms with van der Waals surface area (Å²) in [4.78, 5) is 4.84. The molecule has 112 valence electrons. The summed E-state index contributed by atoms with van der Waals surface area (Å²) in [6, 6.07) is 5.71. The maximum absolute atomic E-state index is 9.92. The quantitative estimate of drug-likeness (QED) is 0.843. The van der Waals surface area contributed by atoms with Crippen LogP contribution in [0.3, 0.4) is 0 Å². The molecule has 20 heavy (non-hydrogen) atoms. The first-order valence-corrected chi connectivity index (χ1v) is 7.23. The zero-order valence-electron chi connectivity index (χ0n) is 12.4. The molecule has 0 aliphatic carbocycles. The van der Waals surface area contributed by atoms with E-state index in [2.05, 4.69) is 16.7 Å². The van der Waals surface area contributed by atoms with Gasteiger partial charge in [-0.15, -0.1) is 0 Å². The van der Waals surface area contributed by atoms with Gasteiger partial charge in [-0.05, 0) is 24.2 Å². The first kappa shape index (κ1) is 15.1.